The largest absolute Gasteiger partial charge is 0.339 e. The Morgan fingerprint density at radius 3 is 2.71 bits per heavy atom. The van der Waals surface area contributed by atoms with E-state index in [-0.39, 0.29) is 16.2 Å². The molecular weight excluding hydrogens is 346 g/mol. The molecule has 124 valence electrons. The third-order valence-electron chi connectivity index (χ3n) is 3.92. The van der Waals surface area contributed by atoms with Crippen molar-refractivity contribution in [1.82, 2.24) is 14.9 Å². The van der Waals surface area contributed by atoms with Crippen molar-refractivity contribution < 1.29 is 12.9 Å². The summed E-state index contributed by atoms with van der Waals surface area (Å²) in [5, 5.41) is 3.82. The van der Waals surface area contributed by atoms with Gasteiger partial charge in [0, 0.05) is 18.9 Å². The van der Waals surface area contributed by atoms with Gasteiger partial charge in [-0.2, -0.15) is 4.98 Å². The van der Waals surface area contributed by atoms with Gasteiger partial charge in [0.1, 0.15) is 4.21 Å². The first kappa shape index (κ1) is 15.5. The minimum absolute atomic E-state index is 0.0460. The molecule has 8 heteroatoms. The van der Waals surface area contributed by atoms with Crippen molar-refractivity contribution in [1.29, 1.82) is 0 Å². The first-order valence-corrected chi connectivity index (χ1v) is 9.81. The Bertz CT molecular complexity index is 963. The van der Waals surface area contributed by atoms with Gasteiger partial charge in [-0.15, -0.1) is 11.3 Å². The van der Waals surface area contributed by atoms with Crippen LogP contribution in [0.2, 0.25) is 0 Å². The second-order valence-electron chi connectivity index (χ2n) is 5.74. The Labute approximate surface area is 143 Å². The van der Waals surface area contributed by atoms with Crippen LogP contribution in [0, 0.1) is 6.92 Å². The fraction of sp³-hybridized carbons (Fsp3) is 0.250. The monoisotopic (exact) mass is 361 g/mol. The van der Waals surface area contributed by atoms with Crippen molar-refractivity contribution in [2.24, 2.45) is 0 Å². The summed E-state index contributed by atoms with van der Waals surface area (Å²) in [5.74, 6) is 1.11. The smallest absolute Gasteiger partial charge is 0.250 e. The molecule has 1 aromatic carbocycles. The summed E-state index contributed by atoms with van der Waals surface area (Å²) < 4.78 is 33.1. The molecule has 2 atom stereocenters. The molecule has 1 aliphatic carbocycles. The van der Waals surface area contributed by atoms with Gasteiger partial charge in [0.2, 0.25) is 21.7 Å². The van der Waals surface area contributed by atoms with E-state index in [4.69, 9.17) is 4.52 Å². The molecule has 1 fully saturated rings. The van der Waals surface area contributed by atoms with Crippen molar-refractivity contribution in [3.63, 3.8) is 0 Å². The third-order valence-corrected chi connectivity index (χ3v) is 6.98. The van der Waals surface area contributed by atoms with Crippen molar-refractivity contribution in [2.75, 3.05) is 0 Å². The molecule has 24 heavy (non-hydrogen) atoms. The molecule has 0 saturated heterocycles. The molecule has 1 aliphatic rings. The predicted octanol–water partition coefficient (Wildman–Crippen LogP) is 2.94. The zero-order valence-electron chi connectivity index (χ0n) is 12.8. The second-order valence-corrected chi connectivity index (χ2v) is 8.76. The van der Waals surface area contributed by atoms with Crippen LogP contribution in [0.3, 0.4) is 0 Å². The van der Waals surface area contributed by atoms with Crippen molar-refractivity contribution >= 4 is 21.4 Å². The quantitative estimate of drug-likeness (QED) is 0.755. The van der Waals surface area contributed by atoms with Gasteiger partial charge in [-0.1, -0.05) is 35.5 Å². The molecule has 1 saturated carbocycles. The van der Waals surface area contributed by atoms with E-state index in [9.17, 15) is 8.42 Å². The SMILES string of the molecule is Cc1nc(-c2ccc(S(=O)(=O)N[C@H]3C[C@@H]3c3ccccc3)s2)no1. The van der Waals surface area contributed by atoms with E-state index in [1.165, 1.54) is 5.56 Å². The van der Waals surface area contributed by atoms with Gasteiger partial charge in [0.15, 0.2) is 0 Å². The Morgan fingerprint density at radius 2 is 2.00 bits per heavy atom. The van der Waals surface area contributed by atoms with Crippen LogP contribution in [-0.4, -0.2) is 24.6 Å². The van der Waals surface area contributed by atoms with E-state index in [1.807, 2.05) is 30.3 Å². The Kier molecular flexibility index (Phi) is 3.75. The van der Waals surface area contributed by atoms with Crippen LogP contribution in [0.1, 0.15) is 23.8 Å². The standard InChI is InChI=1S/C16H15N3O3S2/c1-10-17-16(18-22-10)14-7-8-15(23-14)24(20,21)19-13-9-12(13)11-5-3-2-4-6-11/h2-8,12-13,19H,9H2,1H3/t12-,13+/m1/s1. The predicted molar refractivity (Wildman–Crippen MR) is 90.3 cm³/mol. The average molecular weight is 361 g/mol. The lowest BCUT2D eigenvalue weighted by Crippen LogP contribution is -2.26. The fourth-order valence-corrected chi connectivity index (χ4v) is 5.17. The Balaban J connectivity index is 1.49. The second kappa shape index (κ2) is 5.80. The summed E-state index contributed by atoms with van der Waals surface area (Å²) in [5.41, 5.74) is 1.17. The van der Waals surface area contributed by atoms with Crippen LogP contribution in [0.4, 0.5) is 0 Å². The van der Waals surface area contributed by atoms with Crippen molar-refractivity contribution in [2.45, 2.75) is 29.5 Å². The molecule has 6 nitrogen and oxygen atoms in total. The van der Waals surface area contributed by atoms with Gasteiger partial charge in [-0.05, 0) is 24.1 Å². The number of aryl methyl sites for hydroxylation is 1. The summed E-state index contributed by atoms with van der Waals surface area (Å²) >= 11 is 1.14. The van der Waals surface area contributed by atoms with Gasteiger partial charge in [0.05, 0.1) is 4.88 Å². The molecule has 0 radical (unpaired) electrons. The molecule has 1 N–H and O–H groups in total. The topological polar surface area (TPSA) is 85.1 Å². The maximum atomic E-state index is 12.5. The summed E-state index contributed by atoms with van der Waals surface area (Å²) in [7, 11) is -3.54. The lowest BCUT2D eigenvalue weighted by Gasteiger charge is -2.04. The van der Waals surface area contributed by atoms with E-state index in [0.717, 1.165) is 17.8 Å². The van der Waals surface area contributed by atoms with E-state index in [1.54, 1.807) is 19.1 Å². The van der Waals surface area contributed by atoms with Gasteiger partial charge < -0.3 is 4.52 Å². The van der Waals surface area contributed by atoms with Gasteiger partial charge in [-0.3, -0.25) is 0 Å². The molecule has 3 aromatic rings. The molecule has 0 unspecified atom stereocenters. The normalized spacial score (nSPS) is 20.2. The zero-order valence-corrected chi connectivity index (χ0v) is 14.5. The van der Waals surface area contributed by atoms with Crippen molar-refractivity contribution in [3.8, 4) is 10.7 Å². The first-order chi connectivity index (χ1) is 11.5. The van der Waals surface area contributed by atoms with Crippen LogP contribution in [-0.2, 0) is 10.0 Å². The van der Waals surface area contributed by atoms with E-state index in [0.29, 0.717) is 16.6 Å². The maximum Gasteiger partial charge on any atom is 0.250 e. The number of aromatic nitrogens is 2. The number of thiophene rings is 1. The number of nitrogens with zero attached hydrogens (tertiary/aromatic N) is 2. The highest BCUT2D eigenvalue weighted by Gasteiger charge is 2.41. The zero-order chi connectivity index (χ0) is 16.7. The van der Waals surface area contributed by atoms with Gasteiger partial charge >= 0.3 is 0 Å². The minimum atomic E-state index is -3.54. The number of benzene rings is 1. The van der Waals surface area contributed by atoms with E-state index in [2.05, 4.69) is 14.9 Å². The number of nitrogens with one attached hydrogen (secondary N) is 1. The third kappa shape index (κ3) is 3.00. The van der Waals surface area contributed by atoms with Crippen LogP contribution in [0.15, 0.2) is 51.2 Å². The molecule has 4 rings (SSSR count). The highest BCUT2D eigenvalue weighted by Crippen LogP contribution is 2.42. The molecule has 2 heterocycles. The van der Waals surface area contributed by atoms with Gasteiger partial charge in [0.25, 0.3) is 0 Å². The van der Waals surface area contributed by atoms with Crippen LogP contribution in [0.25, 0.3) is 10.7 Å². The van der Waals surface area contributed by atoms with Crippen LogP contribution < -0.4 is 4.72 Å². The van der Waals surface area contributed by atoms with Crippen LogP contribution >= 0.6 is 11.3 Å². The molecule has 0 amide bonds. The Hall–Kier alpha value is -2.03. The Morgan fingerprint density at radius 1 is 1.21 bits per heavy atom. The van der Waals surface area contributed by atoms with E-state index < -0.39 is 10.0 Å². The summed E-state index contributed by atoms with van der Waals surface area (Å²) in [6.45, 7) is 1.69. The number of hydrogen-bond donors (Lipinski definition) is 1. The number of rotatable bonds is 5. The molecular formula is C16H15N3O3S2. The van der Waals surface area contributed by atoms with Gasteiger partial charge in [-0.25, -0.2) is 13.1 Å². The average Bonchev–Trinajstić information content (AvgIpc) is 2.98. The number of sulfonamides is 1. The summed E-state index contributed by atoms with van der Waals surface area (Å²) in [6.07, 6.45) is 0.825. The molecule has 0 aliphatic heterocycles. The molecule has 2 aromatic heterocycles. The lowest BCUT2D eigenvalue weighted by atomic mass is 10.1. The van der Waals surface area contributed by atoms with Crippen molar-refractivity contribution in [3.05, 3.63) is 53.9 Å². The van der Waals surface area contributed by atoms with Crippen LogP contribution in [0.5, 0.6) is 0 Å². The highest BCUT2D eigenvalue weighted by molar-refractivity contribution is 7.91. The fourth-order valence-electron chi connectivity index (χ4n) is 2.64. The highest BCUT2D eigenvalue weighted by atomic mass is 32.2. The minimum Gasteiger partial charge on any atom is -0.339 e. The molecule has 0 bridgehead atoms. The summed E-state index contributed by atoms with van der Waals surface area (Å²) in [4.78, 5) is 4.79. The lowest BCUT2D eigenvalue weighted by molar-refractivity contribution is 0.394. The summed E-state index contributed by atoms with van der Waals surface area (Å²) in [6, 6.07) is 13.2. The number of hydrogen-bond acceptors (Lipinski definition) is 6. The first-order valence-electron chi connectivity index (χ1n) is 7.51. The maximum absolute atomic E-state index is 12.5. The van der Waals surface area contributed by atoms with E-state index >= 15 is 0 Å². The molecule has 0 spiro atoms.